The zero-order valence-electron chi connectivity index (χ0n) is 11.3. The van der Waals surface area contributed by atoms with Crippen molar-refractivity contribution < 1.29 is 22.3 Å². The lowest BCUT2D eigenvalue weighted by Crippen LogP contribution is -2.31. The van der Waals surface area contributed by atoms with Crippen molar-refractivity contribution in [3.05, 3.63) is 24.3 Å². The molecule has 5 nitrogen and oxygen atoms in total. The Kier molecular flexibility index (Phi) is 5.85. The molecule has 0 heterocycles. The van der Waals surface area contributed by atoms with Gasteiger partial charge in [0, 0.05) is 26.3 Å². The third-order valence-electron chi connectivity index (χ3n) is 2.71. The fourth-order valence-electron chi connectivity index (χ4n) is 1.65. The van der Waals surface area contributed by atoms with Crippen molar-refractivity contribution in [1.29, 1.82) is 0 Å². The van der Waals surface area contributed by atoms with Gasteiger partial charge in [0.1, 0.15) is 0 Å². The van der Waals surface area contributed by atoms with E-state index in [0.29, 0.717) is 5.69 Å². The van der Waals surface area contributed by atoms with Gasteiger partial charge in [0.2, 0.25) is 10.0 Å². The highest BCUT2D eigenvalue weighted by Crippen LogP contribution is 2.20. The molecular formula is C12H18F2N2O3S. The number of alkyl halides is 2. The van der Waals surface area contributed by atoms with Crippen LogP contribution in [0, 0.1) is 0 Å². The summed E-state index contributed by atoms with van der Waals surface area (Å²) < 4.78 is 49.7. The lowest BCUT2D eigenvalue weighted by atomic mass is 10.3. The van der Waals surface area contributed by atoms with E-state index in [4.69, 9.17) is 5.11 Å². The van der Waals surface area contributed by atoms with E-state index in [1.54, 1.807) is 0 Å². The average Bonchev–Trinajstić information content (AvgIpc) is 2.37. The van der Waals surface area contributed by atoms with Gasteiger partial charge in [0.15, 0.2) is 0 Å². The van der Waals surface area contributed by atoms with Gasteiger partial charge < -0.3 is 10.0 Å². The van der Waals surface area contributed by atoms with Crippen molar-refractivity contribution in [2.45, 2.75) is 11.3 Å². The first-order valence-corrected chi connectivity index (χ1v) is 7.39. The number of nitrogens with zero attached hydrogens (tertiary/aromatic N) is 2. The number of hydrogen-bond acceptors (Lipinski definition) is 4. The predicted octanol–water partition coefficient (Wildman–Crippen LogP) is 1.00. The molecule has 1 rings (SSSR count). The molecule has 0 bridgehead atoms. The molecule has 0 aliphatic rings. The van der Waals surface area contributed by atoms with Gasteiger partial charge in [-0.1, -0.05) is 0 Å². The van der Waals surface area contributed by atoms with Gasteiger partial charge in [-0.15, -0.1) is 0 Å². The van der Waals surface area contributed by atoms with Gasteiger partial charge in [0.25, 0.3) is 6.43 Å². The standard InChI is InChI=1S/C12H18F2N2O3S/c1-15(2)20(18,19)11-5-3-10(4-6-11)16(7-8-17)9-12(13)14/h3-6,12,17H,7-9H2,1-2H3. The van der Waals surface area contributed by atoms with E-state index < -0.39 is 23.0 Å². The van der Waals surface area contributed by atoms with Crippen LogP contribution < -0.4 is 4.90 Å². The first kappa shape index (κ1) is 16.8. The maximum Gasteiger partial charge on any atom is 0.255 e. The summed E-state index contributed by atoms with van der Waals surface area (Å²) in [5.74, 6) is 0. The molecule has 8 heteroatoms. The number of hydrogen-bond donors (Lipinski definition) is 1. The molecule has 0 spiro atoms. The first-order valence-electron chi connectivity index (χ1n) is 5.95. The van der Waals surface area contributed by atoms with Gasteiger partial charge in [-0.25, -0.2) is 21.5 Å². The second-order valence-corrected chi connectivity index (χ2v) is 6.49. The summed E-state index contributed by atoms with van der Waals surface area (Å²) in [5, 5.41) is 8.88. The average molecular weight is 308 g/mol. The van der Waals surface area contributed by atoms with Crippen LogP contribution in [0.5, 0.6) is 0 Å². The lowest BCUT2D eigenvalue weighted by Gasteiger charge is -2.23. The molecule has 0 aliphatic heterocycles. The molecule has 1 aromatic rings. The summed E-state index contributed by atoms with van der Waals surface area (Å²) >= 11 is 0. The molecule has 0 atom stereocenters. The van der Waals surface area contributed by atoms with Crippen molar-refractivity contribution in [2.75, 3.05) is 38.7 Å². The van der Waals surface area contributed by atoms with Crippen molar-refractivity contribution >= 4 is 15.7 Å². The monoisotopic (exact) mass is 308 g/mol. The Balaban J connectivity index is 2.99. The minimum absolute atomic E-state index is 0.0596. The minimum atomic E-state index is -3.54. The van der Waals surface area contributed by atoms with E-state index in [-0.39, 0.29) is 18.0 Å². The SMILES string of the molecule is CN(C)S(=O)(=O)c1ccc(N(CCO)CC(F)F)cc1. The quantitative estimate of drug-likeness (QED) is 0.816. The zero-order chi connectivity index (χ0) is 15.3. The van der Waals surface area contributed by atoms with Crippen LogP contribution in [0.15, 0.2) is 29.2 Å². The van der Waals surface area contributed by atoms with E-state index in [9.17, 15) is 17.2 Å². The van der Waals surface area contributed by atoms with E-state index in [2.05, 4.69) is 0 Å². The van der Waals surface area contributed by atoms with E-state index in [1.807, 2.05) is 0 Å². The molecule has 0 radical (unpaired) electrons. The Morgan fingerprint density at radius 2 is 1.75 bits per heavy atom. The first-order chi connectivity index (χ1) is 9.28. The van der Waals surface area contributed by atoms with E-state index in [0.717, 1.165) is 4.31 Å². The van der Waals surface area contributed by atoms with Crippen LogP contribution in [0.2, 0.25) is 0 Å². The Labute approximate surface area is 117 Å². The van der Waals surface area contributed by atoms with Crippen LogP contribution in [0.1, 0.15) is 0 Å². The molecule has 0 unspecified atom stereocenters. The highest BCUT2D eigenvalue weighted by atomic mass is 32.2. The summed E-state index contributed by atoms with van der Waals surface area (Å²) in [6, 6.07) is 5.63. The lowest BCUT2D eigenvalue weighted by molar-refractivity contribution is 0.153. The van der Waals surface area contributed by atoms with E-state index >= 15 is 0 Å². The predicted molar refractivity (Wildman–Crippen MR) is 72.6 cm³/mol. The maximum atomic E-state index is 12.4. The number of rotatable bonds is 7. The third-order valence-corrected chi connectivity index (χ3v) is 4.54. The van der Waals surface area contributed by atoms with Crippen molar-refractivity contribution in [2.24, 2.45) is 0 Å². The molecule has 0 saturated heterocycles. The fraction of sp³-hybridized carbons (Fsp3) is 0.500. The third kappa shape index (κ3) is 4.12. The Bertz CT molecular complexity index is 518. The van der Waals surface area contributed by atoms with Crippen molar-refractivity contribution in [3.63, 3.8) is 0 Å². The molecule has 0 saturated carbocycles. The minimum Gasteiger partial charge on any atom is -0.395 e. The fourth-order valence-corrected chi connectivity index (χ4v) is 2.55. The van der Waals surface area contributed by atoms with Gasteiger partial charge in [-0.05, 0) is 24.3 Å². The van der Waals surface area contributed by atoms with Crippen molar-refractivity contribution in [1.82, 2.24) is 4.31 Å². The Hall–Kier alpha value is -1.25. The normalized spacial score (nSPS) is 12.2. The Morgan fingerprint density at radius 1 is 1.20 bits per heavy atom. The molecular weight excluding hydrogens is 290 g/mol. The van der Waals surface area contributed by atoms with Crippen LogP contribution in [0.3, 0.4) is 0 Å². The van der Waals surface area contributed by atoms with Gasteiger partial charge >= 0.3 is 0 Å². The molecule has 114 valence electrons. The van der Waals surface area contributed by atoms with Gasteiger partial charge in [0.05, 0.1) is 18.0 Å². The smallest absolute Gasteiger partial charge is 0.255 e. The topological polar surface area (TPSA) is 60.9 Å². The molecule has 0 aromatic heterocycles. The van der Waals surface area contributed by atoms with Crippen molar-refractivity contribution in [3.8, 4) is 0 Å². The van der Waals surface area contributed by atoms with Crippen LogP contribution in [-0.4, -0.2) is 58.0 Å². The molecule has 1 aromatic carbocycles. The second-order valence-electron chi connectivity index (χ2n) is 4.34. The summed E-state index contributed by atoms with van der Waals surface area (Å²) in [7, 11) is -0.708. The maximum absolute atomic E-state index is 12.4. The molecule has 0 amide bonds. The Morgan fingerprint density at radius 3 is 2.15 bits per heavy atom. The van der Waals surface area contributed by atoms with Gasteiger partial charge in [-0.3, -0.25) is 0 Å². The van der Waals surface area contributed by atoms with Crippen LogP contribution in [0.4, 0.5) is 14.5 Å². The van der Waals surface area contributed by atoms with Crippen LogP contribution >= 0.6 is 0 Å². The van der Waals surface area contributed by atoms with Crippen LogP contribution in [0.25, 0.3) is 0 Å². The number of sulfonamides is 1. The highest BCUT2D eigenvalue weighted by molar-refractivity contribution is 7.89. The summed E-state index contributed by atoms with van der Waals surface area (Å²) in [6.45, 7) is -0.713. The summed E-state index contributed by atoms with van der Waals surface area (Å²) in [4.78, 5) is 1.39. The highest BCUT2D eigenvalue weighted by Gasteiger charge is 2.18. The van der Waals surface area contributed by atoms with Gasteiger partial charge in [-0.2, -0.15) is 0 Å². The number of aliphatic hydroxyl groups excluding tert-OH is 1. The molecule has 1 N–H and O–H groups in total. The second kappa shape index (κ2) is 6.96. The summed E-state index contributed by atoms with van der Waals surface area (Å²) in [5.41, 5.74) is 0.442. The van der Waals surface area contributed by atoms with Crippen LogP contribution in [-0.2, 0) is 10.0 Å². The molecule has 0 fully saturated rings. The number of halogens is 2. The van der Waals surface area contributed by atoms with E-state index in [1.165, 1.54) is 43.3 Å². The molecule has 0 aliphatic carbocycles. The molecule has 20 heavy (non-hydrogen) atoms. The summed E-state index contributed by atoms with van der Waals surface area (Å²) in [6.07, 6.45) is -2.54. The number of anilines is 1. The largest absolute Gasteiger partial charge is 0.395 e. The number of aliphatic hydroxyl groups is 1. The zero-order valence-corrected chi connectivity index (χ0v) is 12.1. The number of benzene rings is 1.